The van der Waals surface area contributed by atoms with Crippen molar-refractivity contribution in [3.8, 4) is 11.5 Å². The van der Waals surface area contributed by atoms with Crippen molar-refractivity contribution in [2.45, 2.75) is 76.0 Å². The first-order chi connectivity index (χ1) is 14.7. The summed E-state index contributed by atoms with van der Waals surface area (Å²) < 4.78 is 33.9. The molecule has 0 aliphatic rings. The fourth-order valence-corrected chi connectivity index (χ4v) is 5.50. The maximum absolute atomic E-state index is 11.8. The van der Waals surface area contributed by atoms with Crippen LogP contribution in [0.2, 0.25) is 0 Å². The van der Waals surface area contributed by atoms with Crippen LogP contribution in [0.1, 0.15) is 63.8 Å². The van der Waals surface area contributed by atoms with Crippen molar-refractivity contribution in [1.82, 2.24) is 0 Å². The summed E-state index contributed by atoms with van der Waals surface area (Å²) in [5.41, 5.74) is 1.85. The zero-order valence-electron chi connectivity index (χ0n) is 20.7. The maximum Gasteiger partial charge on any atom is 0.524 e. The molecule has 0 fully saturated rings. The van der Waals surface area contributed by atoms with Crippen molar-refractivity contribution in [1.29, 1.82) is 0 Å². The summed E-state index contributed by atoms with van der Waals surface area (Å²) in [5.74, 6) is 0.0414. The zero-order chi connectivity index (χ0) is 25.6. The van der Waals surface area contributed by atoms with Crippen molar-refractivity contribution in [2.24, 2.45) is 0 Å². The number of hydrogen-bond donors (Lipinski definition) is 4. The van der Waals surface area contributed by atoms with Crippen molar-refractivity contribution in [3.05, 3.63) is 46.5 Å². The van der Waals surface area contributed by atoms with Gasteiger partial charge in [-0.15, -0.1) is 0 Å². The molecule has 4 N–H and O–H groups in total. The molecule has 0 saturated carbocycles. The molecular weight excluding hydrogens is 526 g/mol. The van der Waals surface area contributed by atoms with Crippen LogP contribution >= 0.6 is 27.4 Å². The number of phosphoric acid groups is 2. The number of rotatable bonds is 6. The Labute approximate surface area is 235 Å². The molecule has 0 unspecified atom stereocenters. The molecule has 0 aromatic heterocycles. The summed E-state index contributed by atoms with van der Waals surface area (Å²) in [6, 6.07) is 7.04. The first-order valence-electron chi connectivity index (χ1n) is 10.2. The van der Waals surface area contributed by atoms with Gasteiger partial charge in [-0.1, -0.05) is 65.4 Å². The zero-order valence-corrected chi connectivity index (χ0v) is 25.6. The summed E-state index contributed by atoms with van der Waals surface area (Å²) >= 11 is 1.07. The SMILES string of the molecule is Cc1cc(Sc2cc(C)cc(C(C)(C)C)c2OP(=O)(O)O)c(OP(=O)(O)O)c(C(C)(C)C)c1.[Ca]. The topological polar surface area (TPSA) is 134 Å². The number of aryl methyl sites for hydroxylation is 2. The van der Waals surface area contributed by atoms with Crippen LogP contribution in [0.15, 0.2) is 34.1 Å². The first kappa shape index (κ1) is 32.0. The van der Waals surface area contributed by atoms with Gasteiger partial charge in [0, 0.05) is 48.9 Å². The van der Waals surface area contributed by atoms with E-state index >= 15 is 0 Å². The first-order valence-corrected chi connectivity index (χ1v) is 14.0. The van der Waals surface area contributed by atoms with Gasteiger partial charge in [0.2, 0.25) is 0 Å². The predicted molar refractivity (Wildman–Crippen MR) is 135 cm³/mol. The smallest absolute Gasteiger partial charge is 0.403 e. The largest absolute Gasteiger partial charge is 0.524 e. The van der Waals surface area contributed by atoms with Gasteiger partial charge in [-0.2, -0.15) is 0 Å². The average molecular weight is 559 g/mol. The van der Waals surface area contributed by atoms with Crippen molar-refractivity contribution in [3.63, 3.8) is 0 Å². The Morgan fingerprint density at radius 1 is 0.676 bits per heavy atom. The van der Waals surface area contributed by atoms with E-state index in [1.807, 2.05) is 55.4 Å². The fraction of sp³-hybridized carbons (Fsp3) is 0.455. The second kappa shape index (κ2) is 11.1. The van der Waals surface area contributed by atoms with Gasteiger partial charge in [0.1, 0.15) is 11.5 Å². The van der Waals surface area contributed by atoms with E-state index in [1.165, 1.54) is 0 Å². The molecule has 12 heteroatoms. The summed E-state index contributed by atoms with van der Waals surface area (Å²) in [6.45, 7) is 15.1. The van der Waals surface area contributed by atoms with Gasteiger partial charge in [-0.3, -0.25) is 19.6 Å². The molecule has 0 aliphatic heterocycles. The fourth-order valence-electron chi connectivity index (χ4n) is 3.29. The number of benzene rings is 2. The van der Waals surface area contributed by atoms with E-state index in [0.29, 0.717) is 20.9 Å². The molecule has 0 atom stereocenters. The number of hydrogen-bond acceptors (Lipinski definition) is 5. The van der Waals surface area contributed by atoms with E-state index in [-0.39, 0.29) is 49.2 Å². The molecule has 186 valence electrons. The van der Waals surface area contributed by atoms with Crippen LogP contribution in [-0.2, 0) is 20.0 Å². The van der Waals surface area contributed by atoms with Crippen LogP contribution in [0.5, 0.6) is 11.5 Å². The minimum absolute atomic E-state index is 0. The van der Waals surface area contributed by atoms with E-state index in [1.54, 1.807) is 24.3 Å². The van der Waals surface area contributed by atoms with Gasteiger partial charge < -0.3 is 9.05 Å². The molecule has 0 saturated heterocycles. The van der Waals surface area contributed by atoms with E-state index in [9.17, 15) is 28.7 Å². The Morgan fingerprint density at radius 3 is 1.21 bits per heavy atom. The standard InChI is InChI=1S/C22H32O8P2S.Ca/c1-13-9-15(21(3,4)5)19(29-31(23,24)25)17(11-13)33-18-12-14(2)10-16(22(6,7)8)20(18)30-32(26,27)28;/h9-12H,1-8H3,(H2,23,24,25)(H2,26,27,28);. The molecule has 34 heavy (non-hydrogen) atoms. The quantitative estimate of drug-likeness (QED) is 0.264. The second-order valence-electron chi connectivity index (χ2n) is 10.0. The van der Waals surface area contributed by atoms with Crippen LogP contribution < -0.4 is 9.05 Å². The Bertz CT molecular complexity index is 1050. The Hall–Kier alpha value is -0.0503. The Morgan fingerprint density at radius 2 is 0.971 bits per heavy atom. The van der Waals surface area contributed by atoms with Gasteiger partial charge in [0.15, 0.2) is 0 Å². The molecule has 0 aliphatic carbocycles. The minimum Gasteiger partial charge on any atom is -0.403 e. The minimum atomic E-state index is -4.89. The normalized spacial score (nSPS) is 12.8. The van der Waals surface area contributed by atoms with Crippen LogP contribution in [0.3, 0.4) is 0 Å². The number of phosphoric ester groups is 2. The molecule has 8 nitrogen and oxygen atoms in total. The summed E-state index contributed by atoms with van der Waals surface area (Å²) in [4.78, 5) is 39.1. The molecule has 2 aromatic rings. The third kappa shape index (κ3) is 9.11. The maximum atomic E-state index is 11.8. The van der Waals surface area contributed by atoms with Gasteiger partial charge >= 0.3 is 15.6 Å². The van der Waals surface area contributed by atoms with Crippen LogP contribution in [0.4, 0.5) is 0 Å². The van der Waals surface area contributed by atoms with Crippen molar-refractivity contribution < 1.29 is 37.8 Å². The average Bonchev–Trinajstić information content (AvgIpc) is 2.55. The van der Waals surface area contributed by atoms with Gasteiger partial charge in [0.05, 0.1) is 9.79 Å². The third-order valence-corrected chi connectivity index (χ3v) is 6.54. The van der Waals surface area contributed by atoms with Gasteiger partial charge in [-0.25, -0.2) is 9.13 Å². The van der Waals surface area contributed by atoms with Gasteiger partial charge in [0.25, 0.3) is 0 Å². The summed E-state index contributed by atoms with van der Waals surface area (Å²) in [7, 11) is -9.78. The molecule has 2 rings (SSSR count). The molecule has 0 bridgehead atoms. The molecule has 0 heterocycles. The van der Waals surface area contributed by atoms with Crippen molar-refractivity contribution >= 4 is 65.1 Å². The molecule has 0 spiro atoms. The monoisotopic (exact) mass is 558 g/mol. The third-order valence-electron chi connectivity index (χ3n) is 4.65. The Kier molecular flexibility index (Phi) is 10.5. The molecular formula is C22H32CaO8P2S. The van der Waals surface area contributed by atoms with E-state index in [4.69, 9.17) is 9.05 Å². The van der Waals surface area contributed by atoms with E-state index in [2.05, 4.69) is 0 Å². The predicted octanol–water partition coefficient (Wildman–Crippen LogP) is 5.61. The van der Waals surface area contributed by atoms with E-state index in [0.717, 1.165) is 22.9 Å². The molecule has 2 aromatic carbocycles. The Balaban J connectivity index is 0.00000578. The molecule has 2 radical (unpaired) electrons. The second-order valence-corrected chi connectivity index (χ2v) is 13.5. The van der Waals surface area contributed by atoms with Crippen LogP contribution in [-0.4, -0.2) is 57.3 Å². The van der Waals surface area contributed by atoms with E-state index < -0.39 is 26.5 Å². The summed E-state index contributed by atoms with van der Waals surface area (Å²) in [5, 5.41) is 0. The van der Waals surface area contributed by atoms with Crippen LogP contribution in [0, 0.1) is 13.8 Å². The van der Waals surface area contributed by atoms with Crippen LogP contribution in [0.25, 0.3) is 0 Å². The van der Waals surface area contributed by atoms with Gasteiger partial charge in [-0.05, 0) is 47.9 Å². The summed E-state index contributed by atoms with van der Waals surface area (Å²) in [6.07, 6.45) is 0. The molecule has 0 amide bonds. The van der Waals surface area contributed by atoms with Crippen molar-refractivity contribution in [2.75, 3.05) is 0 Å².